The Balaban J connectivity index is 1.24. The van der Waals surface area contributed by atoms with E-state index >= 15 is 0 Å². The summed E-state index contributed by atoms with van der Waals surface area (Å²) in [5.41, 5.74) is 0.682. The fourth-order valence-corrected chi connectivity index (χ4v) is 3.33. The minimum atomic E-state index is -4.60. The van der Waals surface area contributed by atoms with Gasteiger partial charge in [-0.15, -0.1) is 5.10 Å². The molecule has 0 spiro atoms. The molecular weight excluding hydrogens is 464 g/mol. The molecular formula is C25H22F4N4O2. The minimum absolute atomic E-state index is 0.00696. The van der Waals surface area contributed by atoms with E-state index in [9.17, 15) is 17.6 Å². The molecule has 35 heavy (non-hydrogen) atoms. The molecule has 0 aliphatic heterocycles. The second-order valence-corrected chi connectivity index (χ2v) is 7.80. The number of rotatable bonds is 10. The molecule has 0 aliphatic rings. The van der Waals surface area contributed by atoms with E-state index in [-0.39, 0.29) is 18.1 Å². The van der Waals surface area contributed by atoms with Crippen molar-refractivity contribution in [3.05, 3.63) is 95.2 Å². The van der Waals surface area contributed by atoms with Crippen LogP contribution < -0.4 is 4.74 Å². The molecule has 2 aromatic carbocycles. The van der Waals surface area contributed by atoms with E-state index in [1.807, 2.05) is 35.1 Å². The summed E-state index contributed by atoms with van der Waals surface area (Å²) in [6, 6.07) is 10.1. The van der Waals surface area contributed by atoms with Crippen LogP contribution in [-0.4, -0.2) is 20.0 Å². The summed E-state index contributed by atoms with van der Waals surface area (Å²) in [5.74, 6) is -0.114. The van der Waals surface area contributed by atoms with E-state index in [2.05, 4.69) is 15.3 Å². The van der Waals surface area contributed by atoms with Gasteiger partial charge in [0, 0.05) is 24.4 Å². The summed E-state index contributed by atoms with van der Waals surface area (Å²) in [6.45, 7) is 1.01. The first-order valence-corrected chi connectivity index (χ1v) is 10.9. The van der Waals surface area contributed by atoms with Crippen molar-refractivity contribution in [2.24, 2.45) is 0 Å². The molecule has 6 nitrogen and oxygen atoms in total. The van der Waals surface area contributed by atoms with Crippen LogP contribution in [0.3, 0.4) is 0 Å². The Labute approximate surface area is 198 Å². The van der Waals surface area contributed by atoms with Crippen molar-refractivity contribution in [1.82, 2.24) is 20.0 Å². The molecule has 0 unspecified atom stereocenters. The van der Waals surface area contributed by atoms with E-state index in [0.717, 1.165) is 37.9 Å². The average Bonchev–Trinajstić information content (AvgIpc) is 3.52. The van der Waals surface area contributed by atoms with Gasteiger partial charge >= 0.3 is 6.18 Å². The van der Waals surface area contributed by atoms with E-state index in [0.29, 0.717) is 17.5 Å². The predicted octanol–water partition coefficient (Wildman–Crippen LogP) is 6.20. The Bertz CT molecular complexity index is 1250. The number of oxazole rings is 1. The second kappa shape index (κ2) is 11.0. The van der Waals surface area contributed by atoms with Crippen LogP contribution in [0.25, 0.3) is 12.2 Å². The largest absolute Gasteiger partial charge is 0.487 e. The van der Waals surface area contributed by atoms with E-state index < -0.39 is 17.6 Å². The number of hydrogen-bond donors (Lipinski definition) is 0. The Morgan fingerprint density at radius 3 is 2.57 bits per heavy atom. The highest BCUT2D eigenvalue weighted by Gasteiger charge is 2.30. The third kappa shape index (κ3) is 7.02. The monoisotopic (exact) mass is 486 g/mol. The van der Waals surface area contributed by atoms with Crippen LogP contribution in [0.15, 0.2) is 65.5 Å². The van der Waals surface area contributed by atoms with E-state index in [1.54, 1.807) is 6.20 Å². The first kappa shape index (κ1) is 24.2. The normalized spacial score (nSPS) is 11.9. The summed E-state index contributed by atoms with van der Waals surface area (Å²) in [5, 5.41) is 7.73. The van der Waals surface area contributed by atoms with Crippen molar-refractivity contribution in [1.29, 1.82) is 0 Å². The van der Waals surface area contributed by atoms with Crippen molar-refractivity contribution in [3.63, 3.8) is 0 Å². The van der Waals surface area contributed by atoms with Crippen LogP contribution >= 0.6 is 0 Å². The molecule has 0 saturated carbocycles. The van der Waals surface area contributed by atoms with E-state index in [4.69, 9.17) is 9.15 Å². The zero-order chi connectivity index (χ0) is 24.7. The highest BCUT2D eigenvalue weighted by Crippen LogP contribution is 2.30. The van der Waals surface area contributed by atoms with Gasteiger partial charge in [0.2, 0.25) is 5.89 Å². The maximum atomic E-state index is 13.9. The quantitative estimate of drug-likeness (QED) is 0.197. The zero-order valence-electron chi connectivity index (χ0n) is 18.6. The lowest BCUT2D eigenvalue weighted by atomic mass is 10.1. The molecule has 0 amide bonds. The van der Waals surface area contributed by atoms with Gasteiger partial charge in [-0.3, -0.25) is 4.68 Å². The van der Waals surface area contributed by atoms with Crippen molar-refractivity contribution in [3.8, 4) is 5.75 Å². The molecule has 2 heterocycles. The van der Waals surface area contributed by atoms with Gasteiger partial charge in [0.25, 0.3) is 0 Å². The molecule has 0 saturated heterocycles. The summed E-state index contributed by atoms with van der Waals surface area (Å²) >= 11 is 0. The Morgan fingerprint density at radius 1 is 1.03 bits per heavy atom. The molecule has 0 bridgehead atoms. The summed E-state index contributed by atoms with van der Waals surface area (Å²) < 4.78 is 64.7. The molecule has 2 aromatic heterocycles. The number of nitrogens with zero attached hydrogens (tertiary/aromatic N) is 4. The van der Waals surface area contributed by atoms with Gasteiger partial charge in [-0.2, -0.15) is 13.2 Å². The lowest BCUT2D eigenvalue weighted by Gasteiger charge is -2.07. The number of unbranched alkanes of at least 4 members (excludes halogenated alkanes) is 1. The Kier molecular flexibility index (Phi) is 7.59. The number of aryl methyl sites for hydroxylation is 2. The SMILES string of the molecule is Fc1cc(C(F)(F)F)ccc1C=Cc1nc(COc2ccc(CCCCn3ccnn3)cc2)co1. The molecule has 0 aliphatic carbocycles. The van der Waals surface area contributed by atoms with Crippen LogP contribution in [0.2, 0.25) is 0 Å². The number of ether oxygens (including phenoxy) is 1. The van der Waals surface area contributed by atoms with Gasteiger partial charge in [-0.1, -0.05) is 23.4 Å². The van der Waals surface area contributed by atoms with Crippen LogP contribution in [-0.2, 0) is 25.7 Å². The molecule has 4 rings (SSSR count). The smallest absolute Gasteiger partial charge is 0.416 e. The van der Waals surface area contributed by atoms with Gasteiger partial charge < -0.3 is 9.15 Å². The highest BCUT2D eigenvalue weighted by molar-refractivity contribution is 5.66. The molecule has 182 valence electrons. The maximum absolute atomic E-state index is 13.9. The van der Waals surface area contributed by atoms with Crippen molar-refractivity contribution in [2.75, 3.05) is 0 Å². The minimum Gasteiger partial charge on any atom is -0.487 e. The van der Waals surface area contributed by atoms with Crippen LogP contribution in [0.1, 0.15) is 41.1 Å². The number of aromatic nitrogens is 4. The lowest BCUT2D eigenvalue weighted by molar-refractivity contribution is -0.137. The number of hydrogen-bond acceptors (Lipinski definition) is 5. The fraction of sp³-hybridized carbons (Fsp3) is 0.240. The summed E-state index contributed by atoms with van der Waals surface area (Å²) in [7, 11) is 0. The third-order valence-corrected chi connectivity index (χ3v) is 5.19. The summed E-state index contributed by atoms with van der Waals surface area (Å²) in [6.07, 6.45) is 6.00. The number of benzene rings is 2. The van der Waals surface area contributed by atoms with Crippen molar-refractivity contribution < 1.29 is 26.7 Å². The average molecular weight is 486 g/mol. The van der Waals surface area contributed by atoms with Crippen LogP contribution in [0.5, 0.6) is 5.75 Å². The summed E-state index contributed by atoms with van der Waals surface area (Å²) in [4.78, 5) is 4.22. The number of halogens is 4. The molecule has 0 fully saturated rings. The maximum Gasteiger partial charge on any atom is 0.416 e. The van der Waals surface area contributed by atoms with E-state index in [1.165, 1.54) is 24.0 Å². The number of alkyl halides is 3. The molecule has 10 heteroatoms. The first-order valence-electron chi connectivity index (χ1n) is 10.9. The molecule has 0 N–H and O–H groups in total. The molecule has 0 atom stereocenters. The van der Waals surface area contributed by atoms with Gasteiger partial charge in [0.15, 0.2) is 0 Å². The fourth-order valence-electron chi connectivity index (χ4n) is 3.33. The lowest BCUT2D eigenvalue weighted by Crippen LogP contribution is -2.05. The second-order valence-electron chi connectivity index (χ2n) is 7.80. The molecule has 0 radical (unpaired) electrons. The predicted molar refractivity (Wildman–Crippen MR) is 121 cm³/mol. The standard InChI is InChI=1S/C25H22F4N4O2/c26-23-15-20(25(27,28)29)8-6-19(23)7-11-24-31-21(17-35-24)16-34-22-9-4-18(5-10-22)3-1-2-13-33-14-12-30-32-33/h4-12,14-15,17H,1-3,13,16H2. The first-order chi connectivity index (χ1) is 16.9. The van der Waals surface area contributed by atoms with Gasteiger partial charge in [-0.05, 0) is 55.2 Å². The topological polar surface area (TPSA) is 66.0 Å². The molecule has 4 aromatic rings. The zero-order valence-corrected chi connectivity index (χ0v) is 18.6. The van der Waals surface area contributed by atoms with Crippen molar-refractivity contribution in [2.45, 2.75) is 38.6 Å². The van der Waals surface area contributed by atoms with Gasteiger partial charge in [0.05, 0.1) is 11.8 Å². The Morgan fingerprint density at radius 2 is 1.86 bits per heavy atom. The van der Waals surface area contributed by atoms with Crippen LogP contribution in [0.4, 0.5) is 17.6 Å². The van der Waals surface area contributed by atoms with Crippen LogP contribution in [0, 0.1) is 5.82 Å². The highest BCUT2D eigenvalue weighted by atomic mass is 19.4. The van der Waals surface area contributed by atoms with Gasteiger partial charge in [-0.25, -0.2) is 9.37 Å². The Hall–Kier alpha value is -3.95. The third-order valence-electron chi connectivity index (χ3n) is 5.19. The van der Waals surface area contributed by atoms with Crippen molar-refractivity contribution >= 4 is 12.2 Å². The van der Waals surface area contributed by atoms with Gasteiger partial charge in [0.1, 0.15) is 30.1 Å².